The summed E-state index contributed by atoms with van der Waals surface area (Å²) in [7, 11) is -4.50. The number of halogens is 1. The van der Waals surface area contributed by atoms with E-state index in [1.165, 1.54) is 6.26 Å². The molecule has 0 bridgehead atoms. The minimum absolute atomic E-state index is 0.506. The summed E-state index contributed by atoms with van der Waals surface area (Å²) in [6, 6.07) is 6.88. The lowest BCUT2D eigenvalue weighted by Gasteiger charge is -2.21. The minimum Gasteiger partial charge on any atom is -0.455 e. The second-order valence-electron chi connectivity index (χ2n) is 2.87. The molecule has 0 amide bonds. The Balaban J connectivity index is 2.27. The van der Waals surface area contributed by atoms with Crippen LogP contribution in [0.15, 0.2) is 30.5 Å². The number of rotatable bonds is 2. The minimum atomic E-state index is -4.50. The molecule has 1 aliphatic rings. The van der Waals surface area contributed by atoms with Crippen LogP contribution in [0.1, 0.15) is 17.4 Å². The molecule has 1 unspecified atom stereocenters. The van der Waals surface area contributed by atoms with Crippen LogP contribution in [0.25, 0.3) is 6.08 Å². The molecular formula is C9H7ClO5. The second kappa shape index (κ2) is 3.80. The van der Waals surface area contributed by atoms with Crippen LogP contribution in [0, 0.1) is 10.2 Å². The molecule has 5 nitrogen and oxygen atoms in total. The normalized spacial score (nSPS) is 19.5. The number of fused-ring (bicyclic) bond motifs is 1. The molecule has 1 aliphatic heterocycles. The number of hydrogen-bond donors (Lipinski definition) is 0. The summed E-state index contributed by atoms with van der Waals surface area (Å²) in [5.41, 5.74) is 1.26. The first-order valence-electron chi connectivity index (χ1n) is 4.06. The van der Waals surface area contributed by atoms with Gasteiger partial charge in [0, 0.05) is 5.56 Å². The Kier molecular flexibility index (Phi) is 2.64. The Morgan fingerprint density at radius 3 is 2.67 bits per heavy atom. The lowest BCUT2D eigenvalue weighted by atomic mass is 10.1. The largest absolute Gasteiger partial charge is 0.455 e. The summed E-state index contributed by atoms with van der Waals surface area (Å²) in [5, 5.41) is 0. The Labute approximate surface area is 87.9 Å². The topological polar surface area (TPSA) is 87.6 Å². The molecule has 0 radical (unpaired) electrons. The average molecular weight is 231 g/mol. The molecule has 0 aliphatic carbocycles. The fourth-order valence-electron chi connectivity index (χ4n) is 1.30. The Hall–Kier alpha value is -1.11. The van der Waals surface area contributed by atoms with Gasteiger partial charge < -0.3 is 4.74 Å². The van der Waals surface area contributed by atoms with Crippen molar-refractivity contribution in [3.63, 3.8) is 0 Å². The van der Waals surface area contributed by atoms with Crippen LogP contribution < -0.4 is 14.0 Å². The summed E-state index contributed by atoms with van der Waals surface area (Å²) in [4.78, 5) is 0. The maximum absolute atomic E-state index is 10.4. The van der Waals surface area contributed by atoms with Crippen molar-refractivity contribution in [1.82, 2.24) is 0 Å². The maximum Gasteiger partial charge on any atom is 0.378 e. The second-order valence-corrected chi connectivity index (χ2v) is 3.80. The van der Waals surface area contributed by atoms with Gasteiger partial charge in [-0.2, -0.15) is 14.0 Å². The zero-order valence-corrected chi connectivity index (χ0v) is 8.22. The third kappa shape index (κ3) is 2.47. The molecule has 1 aromatic carbocycles. The predicted octanol–water partition coefficient (Wildman–Crippen LogP) is -1.40. The van der Waals surface area contributed by atoms with E-state index in [2.05, 4.69) is 4.29 Å². The van der Waals surface area contributed by atoms with E-state index in [1.54, 1.807) is 30.3 Å². The Morgan fingerprint density at radius 2 is 1.93 bits per heavy atom. The molecule has 0 saturated heterocycles. The highest BCUT2D eigenvalue weighted by molar-refractivity contribution is 5.54. The van der Waals surface area contributed by atoms with Crippen molar-refractivity contribution in [2.45, 2.75) is 6.29 Å². The molecule has 1 aromatic rings. The lowest BCUT2D eigenvalue weighted by molar-refractivity contribution is -1.92. The molecule has 0 aromatic heterocycles. The zero-order valence-electron chi connectivity index (χ0n) is 7.46. The van der Waals surface area contributed by atoms with Gasteiger partial charge in [-0.3, -0.25) is 0 Å². The van der Waals surface area contributed by atoms with E-state index in [0.29, 0.717) is 5.56 Å². The summed E-state index contributed by atoms with van der Waals surface area (Å²) < 4.78 is 40.3. The van der Waals surface area contributed by atoms with Gasteiger partial charge in [-0.15, -0.1) is 0 Å². The van der Waals surface area contributed by atoms with E-state index in [0.717, 1.165) is 5.56 Å². The van der Waals surface area contributed by atoms with Crippen LogP contribution in [0.5, 0.6) is 0 Å². The standard InChI is InChI=1S/C9H7ClO5/c11-10(12,13)15-9-8-4-2-1-3-7(8)5-6-14-9/h1-6,9H. The predicted molar refractivity (Wildman–Crippen MR) is 40.4 cm³/mol. The van der Waals surface area contributed by atoms with E-state index >= 15 is 0 Å². The van der Waals surface area contributed by atoms with Crippen molar-refractivity contribution in [3.05, 3.63) is 41.7 Å². The zero-order chi connectivity index (χ0) is 10.9. The van der Waals surface area contributed by atoms with Crippen LogP contribution in [0.3, 0.4) is 0 Å². The average Bonchev–Trinajstić information content (AvgIpc) is 2.16. The maximum atomic E-state index is 10.4. The molecule has 1 atom stereocenters. The van der Waals surface area contributed by atoms with Gasteiger partial charge in [0.1, 0.15) is 4.29 Å². The SMILES string of the molecule is [O-][Cl+3]([O-])([O-])OC1OC=Cc2ccccc21. The molecule has 0 spiro atoms. The fourth-order valence-corrected chi connectivity index (χ4v) is 1.64. The summed E-state index contributed by atoms with van der Waals surface area (Å²) >= 11 is 0. The summed E-state index contributed by atoms with van der Waals surface area (Å²) in [5.74, 6) is 0. The van der Waals surface area contributed by atoms with E-state index < -0.39 is 16.5 Å². The van der Waals surface area contributed by atoms with Crippen LogP contribution in [-0.2, 0) is 9.03 Å². The number of benzene rings is 1. The van der Waals surface area contributed by atoms with Gasteiger partial charge in [0.15, 0.2) is 0 Å². The number of ether oxygens (including phenoxy) is 1. The van der Waals surface area contributed by atoms with Crippen LogP contribution in [0.4, 0.5) is 0 Å². The van der Waals surface area contributed by atoms with Gasteiger partial charge in [0.2, 0.25) is 0 Å². The highest BCUT2D eigenvalue weighted by Crippen LogP contribution is 2.29. The monoisotopic (exact) mass is 230 g/mol. The Morgan fingerprint density at radius 1 is 1.20 bits per heavy atom. The fraction of sp³-hybridized carbons (Fsp3) is 0.111. The summed E-state index contributed by atoms with van der Waals surface area (Å²) in [6.07, 6.45) is 1.74. The molecule has 6 heteroatoms. The Bertz CT molecular complexity index is 384. The first-order chi connectivity index (χ1) is 7.06. The third-order valence-corrected chi connectivity index (χ3v) is 2.27. The summed E-state index contributed by atoms with van der Waals surface area (Å²) in [6.45, 7) is 0. The molecule has 15 heavy (non-hydrogen) atoms. The highest BCUT2D eigenvalue weighted by atomic mass is 35.7. The molecule has 80 valence electrons. The van der Waals surface area contributed by atoms with Crippen LogP contribution in [0.2, 0.25) is 0 Å². The van der Waals surface area contributed by atoms with Gasteiger partial charge in [-0.25, -0.2) is 0 Å². The number of hydrogen-bond acceptors (Lipinski definition) is 5. The van der Waals surface area contributed by atoms with Crippen molar-refractivity contribution >= 4 is 6.08 Å². The highest BCUT2D eigenvalue weighted by Gasteiger charge is 2.33. The first kappa shape index (κ1) is 10.4. The van der Waals surface area contributed by atoms with Crippen LogP contribution >= 0.6 is 0 Å². The quantitative estimate of drug-likeness (QED) is 0.624. The first-order valence-corrected chi connectivity index (χ1v) is 5.30. The van der Waals surface area contributed by atoms with Gasteiger partial charge in [-0.05, 0) is 11.6 Å². The van der Waals surface area contributed by atoms with Gasteiger partial charge >= 0.3 is 6.29 Å². The molecule has 1 heterocycles. The smallest absolute Gasteiger partial charge is 0.378 e. The van der Waals surface area contributed by atoms with Crippen molar-refractivity contribution in [1.29, 1.82) is 0 Å². The molecule has 0 saturated carbocycles. The molecule has 2 rings (SSSR count). The van der Waals surface area contributed by atoms with E-state index in [9.17, 15) is 14.0 Å². The molecule has 0 fully saturated rings. The van der Waals surface area contributed by atoms with Crippen molar-refractivity contribution in [3.8, 4) is 0 Å². The van der Waals surface area contributed by atoms with E-state index in [4.69, 9.17) is 4.74 Å². The van der Waals surface area contributed by atoms with E-state index in [-0.39, 0.29) is 0 Å². The van der Waals surface area contributed by atoms with Crippen molar-refractivity contribution < 1.29 is 33.2 Å². The van der Waals surface area contributed by atoms with Gasteiger partial charge in [-0.1, -0.05) is 24.3 Å². The molecule has 0 N–H and O–H groups in total. The van der Waals surface area contributed by atoms with Crippen LogP contribution in [-0.4, -0.2) is 0 Å². The van der Waals surface area contributed by atoms with Gasteiger partial charge in [0.25, 0.3) is 0 Å². The lowest BCUT2D eigenvalue weighted by Crippen LogP contribution is -2.61. The van der Waals surface area contributed by atoms with Gasteiger partial charge in [0.05, 0.1) is 16.5 Å². The third-order valence-electron chi connectivity index (χ3n) is 1.89. The van der Waals surface area contributed by atoms with E-state index in [1.807, 2.05) is 0 Å². The molecular weight excluding hydrogens is 224 g/mol. The van der Waals surface area contributed by atoms with Crippen molar-refractivity contribution in [2.24, 2.45) is 0 Å². The van der Waals surface area contributed by atoms with Crippen molar-refractivity contribution in [2.75, 3.05) is 0 Å².